The quantitative estimate of drug-likeness (QED) is 0.379. The zero-order chi connectivity index (χ0) is 20.8. The monoisotopic (exact) mass is 390 g/mol. The van der Waals surface area contributed by atoms with Gasteiger partial charge in [-0.2, -0.15) is 0 Å². The third kappa shape index (κ3) is 10.3. The van der Waals surface area contributed by atoms with Gasteiger partial charge in [0.25, 0.3) is 0 Å². The third-order valence-corrected chi connectivity index (χ3v) is 4.51. The van der Waals surface area contributed by atoms with Gasteiger partial charge in [-0.05, 0) is 37.2 Å². The second-order valence-electron chi connectivity index (χ2n) is 7.64. The lowest BCUT2D eigenvalue weighted by Crippen LogP contribution is -2.39. The van der Waals surface area contributed by atoms with Crippen LogP contribution in [-0.2, 0) is 11.3 Å². The normalized spacial score (nSPS) is 12.7. The largest absolute Gasteiger partial charge is 0.396 e. The van der Waals surface area contributed by atoms with Gasteiger partial charge in [-0.1, -0.05) is 44.2 Å². The predicted octanol–water partition coefficient (Wildman–Crippen LogP) is 2.63. The molecule has 3 N–H and O–H groups in total. The van der Waals surface area contributed by atoms with Crippen molar-refractivity contribution in [1.29, 1.82) is 0 Å². The molecular formula is C22H38N4O2. The molecule has 6 heteroatoms. The summed E-state index contributed by atoms with van der Waals surface area (Å²) in [5.74, 6) is 1.79. The van der Waals surface area contributed by atoms with Gasteiger partial charge in [0.2, 0.25) is 5.91 Å². The Kier molecular flexibility index (Phi) is 12.0. The number of rotatable bonds is 12. The molecule has 158 valence electrons. The molecule has 1 atom stereocenters. The average molecular weight is 391 g/mol. The lowest BCUT2D eigenvalue weighted by molar-refractivity contribution is -0.130. The summed E-state index contributed by atoms with van der Waals surface area (Å²) < 4.78 is 0. The van der Waals surface area contributed by atoms with E-state index < -0.39 is 0 Å². The number of aliphatic hydroxyl groups is 1. The Balaban J connectivity index is 2.47. The van der Waals surface area contributed by atoms with E-state index in [1.807, 2.05) is 44.3 Å². The molecule has 28 heavy (non-hydrogen) atoms. The molecule has 1 unspecified atom stereocenters. The fourth-order valence-corrected chi connectivity index (χ4v) is 3.12. The van der Waals surface area contributed by atoms with Crippen molar-refractivity contribution in [1.82, 2.24) is 15.5 Å². The summed E-state index contributed by atoms with van der Waals surface area (Å²) in [4.78, 5) is 18.8. The molecule has 0 saturated carbocycles. The number of carbonyl (C=O) groups excluding carboxylic acids is 1. The molecule has 1 amide bonds. The van der Waals surface area contributed by atoms with E-state index in [0.29, 0.717) is 37.9 Å². The van der Waals surface area contributed by atoms with Crippen molar-refractivity contribution in [3.63, 3.8) is 0 Å². The number of guanidine groups is 1. The van der Waals surface area contributed by atoms with Crippen molar-refractivity contribution in [3.05, 3.63) is 35.9 Å². The fraction of sp³-hybridized carbons (Fsp3) is 0.636. The second-order valence-corrected chi connectivity index (χ2v) is 7.64. The highest BCUT2D eigenvalue weighted by Gasteiger charge is 2.12. The lowest BCUT2D eigenvalue weighted by atomic mass is 9.94. The third-order valence-electron chi connectivity index (χ3n) is 4.51. The number of hydrogen-bond donors (Lipinski definition) is 3. The van der Waals surface area contributed by atoms with Crippen LogP contribution >= 0.6 is 0 Å². The van der Waals surface area contributed by atoms with Crippen molar-refractivity contribution in [3.8, 4) is 0 Å². The van der Waals surface area contributed by atoms with Gasteiger partial charge >= 0.3 is 0 Å². The molecule has 1 aromatic carbocycles. The SMILES string of the molecule is CCNC(=NCC(CCO)CC(C)C)NCCC(=O)N(C)Cc1ccccc1. The molecule has 0 fully saturated rings. The van der Waals surface area contributed by atoms with Crippen LogP contribution < -0.4 is 10.6 Å². The first-order chi connectivity index (χ1) is 13.5. The molecular weight excluding hydrogens is 352 g/mol. The molecule has 0 aromatic heterocycles. The maximum absolute atomic E-state index is 12.4. The van der Waals surface area contributed by atoms with Crippen LogP contribution in [0.5, 0.6) is 0 Å². The Hall–Kier alpha value is -2.08. The lowest BCUT2D eigenvalue weighted by Gasteiger charge is -2.19. The first-order valence-electron chi connectivity index (χ1n) is 10.4. The molecule has 0 radical (unpaired) electrons. The zero-order valence-corrected chi connectivity index (χ0v) is 17.9. The average Bonchev–Trinajstić information content (AvgIpc) is 2.66. The highest BCUT2D eigenvalue weighted by atomic mass is 16.3. The molecule has 0 aliphatic carbocycles. The van der Waals surface area contributed by atoms with Crippen molar-refractivity contribution in [2.75, 3.05) is 33.3 Å². The van der Waals surface area contributed by atoms with Crippen LogP contribution in [0.1, 0.15) is 45.6 Å². The summed E-state index contributed by atoms with van der Waals surface area (Å²) >= 11 is 0. The second kappa shape index (κ2) is 14.0. The molecule has 0 bridgehead atoms. The van der Waals surface area contributed by atoms with Crippen LogP contribution in [0.4, 0.5) is 0 Å². The molecule has 0 aliphatic heterocycles. The van der Waals surface area contributed by atoms with Gasteiger partial charge < -0.3 is 20.6 Å². The van der Waals surface area contributed by atoms with E-state index in [0.717, 1.165) is 30.9 Å². The van der Waals surface area contributed by atoms with E-state index in [1.54, 1.807) is 4.90 Å². The van der Waals surface area contributed by atoms with Crippen LogP contribution in [0.2, 0.25) is 0 Å². The van der Waals surface area contributed by atoms with Crippen LogP contribution in [0.15, 0.2) is 35.3 Å². The summed E-state index contributed by atoms with van der Waals surface area (Å²) in [6, 6.07) is 9.99. The van der Waals surface area contributed by atoms with Gasteiger partial charge in [0.05, 0.1) is 0 Å². The van der Waals surface area contributed by atoms with Crippen LogP contribution in [-0.4, -0.2) is 55.2 Å². The van der Waals surface area contributed by atoms with Gasteiger partial charge in [0.1, 0.15) is 0 Å². The minimum atomic E-state index is 0.102. The first-order valence-corrected chi connectivity index (χ1v) is 10.4. The topological polar surface area (TPSA) is 77.0 Å². The highest BCUT2D eigenvalue weighted by molar-refractivity contribution is 5.81. The minimum absolute atomic E-state index is 0.102. The summed E-state index contributed by atoms with van der Waals surface area (Å²) in [7, 11) is 1.83. The number of aliphatic hydroxyl groups excluding tert-OH is 1. The molecule has 0 aliphatic rings. The Morgan fingerprint density at radius 3 is 2.54 bits per heavy atom. The van der Waals surface area contributed by atoms with Gasteiger partial charge in [-0.25, -0.2) is 0 Å². The van der Waals surface area contributed by atoms with Crippen LogP contribution in [0, 0.1) is 11.8 Å². The molecule has 0 heterocycles. The van der Waals surface area contributed by atoms with Crippen molar-refractivity contribution >= 4 is 11.9 Å². The van der Waals surface area contributed by atoms with E-state index in [9.17, 15) is 9.90 Å². The van der Waals surface area contributed by atoms with Gasteiger partial charge in [-0.15, -0.1) is 0 Å². The van der Waals surface area contributed by atoms with E-state index in [-0.39, 0.29) is 12.5 Å². The number of aliphatic imine (C=N–C) groups is 1. The zero-order valence-electron chi connectivity index (χ0n) is 17.9. The number of nitrogens with one attached hydrogen (secondary N) is 2. The number of carbonyl (C=O) groups is 1. The van der Waals surface area contributed by atoms with E-state index in [4.69, 9.17) is 0 Å². The highest BCUT2D eigenvalue weighted by Crippen LogP contribution is 2.15. The van der Waals surface area contributed by atoms with Gasteiger partial charge in [-0.3, -0.25) is 9.79 Å². The summed E-state index contributed by atoms with van der Waals surface area (Å²) in [5, 5.41) is 15.7. The molecule has 6 nitrogen and oxygen atoms in total. The van der Waals surface area contributed by atoms with E-state index in [1.165, 1.54) is 0 Å². The Morgan fingerprint density at radius 1 is 1.21 bits per heavy atom. The van der Waals surface area contributed by atoms with E-state index >= 15 is 0 Å². The van der Waals surface area contributed by atoms with Gasteiger partial charge in [0.15, 0.2) is 5.96 Å². The smallest absolute Gasteiger partial charge is 0.224 e. The number of benzene rings is 1. The summed E-state index contributed by atoms with van der Waals surface area (Å²) in [6.07, 6.45) is 2.23. The number of amides is 1. The molecule has 0 saturated heterocycles. The summed E-state index contributed by atoms with van der Waals surface area (Å²) in [5.41, 5.74) is 1.13. The standard InChI is InChI=1S/C22H38N4O2/c1-5-23-22(25-16-20(12-14-27)15-18(2)3)24-13-11-21(28)26(4)17-19-9-7-6-8-10-19/h6-10,18,20,27H,5,11-17H2,1-4H3,(H2,23,24,25). The maximum Gasteiger partial charge on any atom is 0.224 e. The first kappa shape index (κ1) is 24.0. The fourth-order valence-electron chi connectivity index (χ4n) is 3.12. The van der Waals surface area contributed by atoms with Crippen molar-refractivity contribution in [2.45, 2.75) is 46.6 Å². The van der Waals surface area contributed by atoms with Gasteiger partial charge in [0, 0.05) is 46.3 Å². The molecule has 1 rings (SSSR count). The van der Waals surface area contributed by atoms with E-state index in [2.05, 4.69) is 29.5 Å². The minimum Gasteiger partial charge on any atom is -0.396 e. The van der Waals surface area contributed by atoms with Crippen molar-refractivity contribution < 1.29 is 9.90 Å². The summed E-state index contributed by atoms with van der Waals surface area (Å²) in [6.45, 7) is 9.20. The predicted molar refractivity (Wildman–Crippen MR) is 116 cm³/mol. The Labute approximate surface area is 170 Å². The maximum atomic E-state index is 12.4. The van der Waals surface area contributed by atoms with Crippen molar-refractivity contribution in [2.24, 2.45) is 16.8 Å². The Morgan fingerprint density at radius 2 is 1.93 bits per heavy atom. The number of hydrogen-bond acceptors (Lipinski definition) is 3. The Bertz CT molecular complexity index is 575. The molecule has 1 aromatic rings. The van der Waals surface area contributed by atoms with Crippen LogP contribution in [0.25, 0.3) is 0 Å². The number of nitrogens with zero attached hydrogens (tertiary/aromatic N) is 2. The molecule has 0 spiro atoms. The van der Waals surface area contributed by atoms with Crippen LogP contribution in [0.3, 0.4) is 0 Å².